The number of likely N-dealkylation sites (tertiary alicyclic amines) is 1. The molecule has 0 radical (unpaired) electrons. The summed E-state index contributed by atoms with van der Waals surface area (Å²) >= 11 is 5.85. The zero-order valence-corrected chi connectivity index (χ0v) is 14.5. The zero-order chi connectivity index (χ0) is 17.8. The van der Waals surface area contributed by atoms with E-state index in [0.29, 0.717) is 35.9 Å². The molecule has 1 atom stereocenters. The van der Waals surface area contributed by atoms with Crippen molar-refractivity contribution in [1.82, 2.24) is 15.0 Å². The lowest BCUT2D eigenvalue weighted by Crippen LogP contribution is -2.42. The molecule has 8 heteroatoms. The van der Waals surface area contributed by atoms with E-state index in [0.717, 1.165) is 6.42 Å². The van der Waals surface area contributed by atoms with Crippen LogP contribution >= 0.6 is 11.6 Å². The van der Waals surface area contributed by atoms with Crippen molar-refractivity contribution in [2.75, 3.05) is 13.1 Å². The topological polar surface area (TPSA) is 85.5 Å². The fourth-order valence-corrected chi connectivity index (χ4v) is 2.90. The third-order valence-corrected chi connectivity index (χ3v) is 4.29. The number of aryl methyl sites for hydroxylation is 1. The summed E-state index contributed by atoms with van der Waals surface area (Å²) in [5.74, 6) is -0.0700. The number of hydrogen-bond donors (Lipinski definition) is 0. The molecule has 0 spiro atoms. The van der Waals surface area contributed by atoms with E-state index in [-0.39, 0.29) is 30.3 Å². The van der Waals surface area contributed by atoms with Gasteiger partial charge in [0.05, 0.1) is 5.92 Å². The van der Waals surface area contributed by atoms with Gasteiger partial charge in [0.2, 0.25) is 0 Å². The number of carbonyl (C=O) groups excluding carboxylic acids is 2. The molecule has 1 amide bonds. The van der Waals surface area contributed by atoms with Crippen LogP contribution in [0.15, 0.2) is 28.8 Å². The molecule has 0 aliphatic carbocycles. The van der Waals surface area contributed by atoms with Crippen LogP contribution in [0.5, 0.6) is 0 Å². The lowest BCUT2D eigenvalue weighted by Gasteiger charge is -2.31. The number of amides is 1. The minimum Gasteiger partial charge on any atom is -0.455 e. The second-order valence-corrected chi connectivity index (χ2v) is 6.38. The van der Waals surface area contributed by atoms with E-state index in [1.165, 1.54) is 0 Å². The monoisotopic (exact) mass is 363 g/mol. The van der Waals surface area contributed by atoms with Gasteiger partial charge in [-0.15, -0.1) is 0 Å². The van der Waals surface area contributed by atoms with E-state index < -0.39 is 0 Å². The fourth-order valence-electron chi connectivity index (χ4n) is 2.78. The quantitative estimate of drug-likeness (QED) is 0.776. The largest absolute Gasteiger partial charge is 0.455 e. The lowest BCUT2D eigenvalue weighted by atomic mass is 9.97. The first-order valence-electron chi connectivity index (χ1n) is 8.03. The van der Waals surface area contributed by atoms with Gasteiger partial charge >= 0.3 is 5.97 Å². The van der Waals surface area contributed by atoms with Crippen LogP contribution in [0.3, 0.4) is 0 Å². The van der Waals surface area contributed by atoms with Gasteiger partial charge in [-0.3, -0.25) is 9.59 Å². The highest BCUT2D eigenvalue weighted by Crippen LogP contribution is 2.21. The standard InChI is InChI=1S/C17H18ClN3O4/c1-11-19-15(25-20-11)10-24-17(23)13-3-2-8-21(9-13)16(22)12-4-6-14(18)7-5-12/h4-7,13H,2-3,8-10H2,1H3/t13-/m0/s1. The van der Waals surface area contributed by atoms with Gasteiger partial charge in [0.15, 0.2) is 12.4 Å². The molecule has 1 saturated heterocycles. The Balaban J connectivity index is 1.57. The molecule has 0 bridgehead atoms. The summed E-state index contributed by atoms with van der Waals surface area (Å²) < 4.78 is 10.2. The van der Waals surface area contributed by atoms with E-state index in [1.807, 2.05) is 0 Å². The first-order chi connectivity index (χ1) is 12.0. The SMILES string of the molecule is Cc1noc(COC(=O)[C@H]2CCCN(C(=O)c3ccc(Cl)cc3)C2)n1. The summed E-state index contributed by atoms with van der Waals surface area (Å²) in [6.07, 6.45) is 1.44. The molecule has 7 nitrogen and oxygen atoms in total. The third kappa shape index (κ3) is 4.36. The van der Waals surface area contributed by atoms with Gasteiger partial charge in [-0.25, -0.2) is 0 Å². The van der Waals surface area contributed by atoms with Crippen LogP contribution in [-0.2, 0) is 16.1 Å². The number of halogens is 1. The number of aromatic nitrogens is 2. The smallest absolute Gasteiger partial charge is 0.311 e. The van der Waals surface area contributed by atoms with E-state index in [4.69, 9.17) is 20.9 Å². The fraction of sp³-hybridized carbons (Fsp3) is 0.412. The van der Waals surface area contributed by atoms with Gasteiger partial charge in [-0.05, 0) is 44.0 Å². The summed E-state index contributed by atoms with van der Waals surface area (Å²) in [6.45, 7) is 2.59. The molecule has 0 unspecified atom stereocenters. The average molecular weight is 364 g/mol. The Morgan fingerprint density at radius 1 is 1.36 bits per heavy atom. The van der Waals surface area contributed by atoms with Gasteiger partial charge < -0.3 is 14.2 Å². The summed E-state index contributed by atoms with van der Waals surface area (Å²) in [6, 6.07) is 6.72. The van der Waals surface area contributed by atoms with Crippen LogP contribution in [-0.4, -0.2) is 40.0 Å². The molecule has 1 fully saturated rings. The van der Waals surface area contributed by atoms with E-state index >= 15 is 0 Å². The molecule has 1 aliphatic heterocycles. The summed E-state index contributed by atoms with van der Waals surface area (Å²) in [7, 11) is 0. The van der Waals surface area contributed by atoms with E-state index in [2.05, 4.69) is 10.1 Å². The molecule has 0 N–H and O–H groups in total. The molecule has 1 aromatic heterocycles. The Labute approximate surface area is 149 Å². The Bertz CT molecular complexity index is 760. The number of rotatable bonds is 4. The molecule has 1 aromatic carbocycles. The van der Waals surface area contributed by atoms with Crippen molar-refractivity contribution in [3.05, 3.63) is 46.6 Å². The maximum Gasteiger partial charge on any atom is 0.311 e. The van der Waals surface area contributed by atoms with Crippen molar-refractivity contribution < 1.29 is 18.8 Å². The summed E-state index contributed by atoms with van der Waals surface area (Å²) in [5, 5.41) is 4.22. The van der Waals surface area contributed by atoms with Gasteiger partial charge in [0, 0.05) is 23.7 Å². The highest BCUT2D eigenvalue weighted by atomic mass is 35.5. The maximum absolute atomic E-state index is 12.6. The van der Waals surface area contributed by atoms with E-state index in [9.17, 15) is 9.59 Å². The van der Waals surface area contributed by atoms with Crippen LogP contribution < -0.4 is 0 Å². The molecule has 3 rings (SSSR count). The third-order valence-electron chi connectivity index (χ3n) is 4.04. The van der Waals surface area contributed by atoms with Gasteiger partial charge in [-0.1, -0.05) is 16.8 Å². The number of nitrogens with zero attached hydrogens (tertiary/aromatic N) is 3. The van der Waals surface area contributed by atoms with Gasteiger partial charge in [0.1, 0.15) is 0 Å². The lowest BCUT2D eigenvalue weighted by molar-refractivity contribution is -0.152. The second-order valence-electron chi connectivity index (χ2n) is 5.94. The van der Waals surface area contributed by atoms with Crippen LogP contribution in [0.25, 0.3) is 0 Å². The summed E-state index contributed by atoms with van der Waals surface area (Å²) in [5.41, 5.74) is 0.555. The average Bonchev–Trinajstić information content (AvgIpc) is 3.05. The number of ether oxygens (including phenoxy) is 1. The molecule has 25 heavy (non-hydrogen) atoms. The van der Waals surface area contributed by atoms with E-state index in [1.54, 1.807) is 36.1 Å². The minimum absolute atomic E-state index is 0.0543. The molecule has 2 heterocycles. The number of piperidine rings is 1. The Hall–Kier alpha value is -2.41. The zero-order valence-electron chi connectivity index (χ0n) is 13.8. The van der Waals surface area contributed by atoms with Crippen LogP contribution in [0.1, 0.15) is 34.9 Å². The van der Waals surface area contributed by atoms with Crippen molar-refractivity contribution in [3.8, 4) is 0 Å². The van der Waals surface area contributed by atoms with Gasteiger partial charge in [-0.2, -0.15) is 4.98 Å². The molecular weight excluding hydrogens is 346 g/mol. The molecule has 2 aromatic rings. The maximum atomic E-state index is 12.6. The number of carbonyl (C=O) groups is 2. The van der Waals surface area contributed by atoms with Crippen LogP contribution in [0.2, 0.25) is 5.02 Å². The predicted molar refractivity (Wildman–Crippen MR) is 88.9 cm³/mol. The van der Waals surface area contributed by atoms with Crippen molar-refractivity contribution in [2.45, 2.75) is 26.4 Å². The summed E-state index contributed by atoms with van der Waals surface area (Å²) in [4.78, 5) is 30.5. The molecule has 1 aliphatic rings. The highest BCUT2D eigenvalue weighted by molar-refractivity contribution is 6.30. The first-order valence-corrected chi connectivity index (χ1v) is 8.41. The number of hydrogen-bond acceptors (Lipinski definition) is 6. The minimum atomic E-state index is -0.357. The Morgan fingerprint density at radius 2 is 2.12 bits per heavy atom. The highest BCUT2D eigenvalue weighted by Gasteiger charge is 2.30. The van der Waals surface area contributed by atoms with Crippen molar-refractivity contribution >= 4 is 23.5 Å². The molecule has 132 valence electrons. The Kier molecular flexibility index (Phi) is 5.33. The molecular formula is C17H18ClN3O4. The second kappa shape index (κ2) is 7.65. The first kappa shape index (κ1) is 17.4. The van der Waals surface area contributed by atoms with Crippen LogP contribution in [0, 0.1) is 12.8 Å². The number of esters is 1. The number of benzene rings is 1. The molecule has 0 saturated carbocycles. The predicted octanol–water partition coefficient (Wildman–Crippen LogP) is 2.63. The van der Waals surface area contributed by atoms with Crippen molar-refractivity contribution in [1.29, 1.82) is 0 Å². The Morgan fingerprint density at radius 3 is 2.80 bits per heavy atom. The van der Waals surface area contributed by atoms with Crippen molar-refractivity contribution in [3.63, 3.8) is 0 Å². The normalized spacial score (nSPS) is 17.4. The van der Waals surface area contributed by atoms with Gasteiger partial charge in [0.25, 0.3) is 11.8 Å². The van der Waals surface area contributed by atoms with Crippen molar-refractivity contribution in [2.24, 2.45) is 5.92 Å². The van der Waals surface area contributed by atoms with Crippen LogP contribution in [0.4, 0.5) is 0 Å².